The first-order chi connectivity index (χ1) is 10.6. The maximum absolute atomic E-state index is 10.5. The molecule has 1 heterocycles. The zero-order chi connectivity index (χ0) is 15.9. The van der Waals surface area contributed by atoms with E-state index in [1.54, 1.807) is 14.0 Å². The first kappa shape index (κ1) is 16.0. The van der Waals surface area contributed by atoms with Gasteiger partial charge in [-0.3, -0.25) is 10.2 Å². The number of carbonyl (C=O) groups is 1. The zero-order valence-corrected chi connectivity index (χ0v) is 13.2. The Kier molecular flexibility index (Phi) is 5.48. The van der Waals surface area contributed by atoms with E-state index < -0.39 is 5.97 Å². The second kappa shape index (κ2) is 7.56. The highest BCUT2D eigenvalue weighted by Crippen LogP contribution is 2.26. The molecule has 0 atom stereocenters. The SMILES string of the molecule is COc1ccc(-c2csc(N/N=C(\C)CCC(=O)O)n2)cc1. The standard InChI is InChI=1S/C15H17N3O3S/c1-10(3-8-14(19)20)17-18-15-16-13(9-22-15)11-4-6-12(21-2)7-5-11/h4-7,9H,3,8H2,1-2H3,(H,16,18)(H,19,20)/b17-10+. The van der Waals surface area contributed by atoms with Crippen LogP contribution in [0.2, 0.25) is 0 Å². The van der Waals surface area contributed by atoms with E-state index in [1.165, 1.54) is 11.3 Å². The molecule has 2 N–H and O–H groups in total. The highest BCUT2D eigenvalue weighted by atomic mass is 32.1. The van der Waals surface area contributed by atoms with Crippen LogP contribution in [0.15, 0.2) is 34.7 Å². The van der Waals surface area contributed by atoms with Gasteiger partial charge < -0.3 is 9.84 Å². The molecule has 7 heteroatoms. The molecule has 0 fully saturated rings. The molecule has 0 radical (unpaired) electrons. The number of carboxylic acid groups (broad SMARTS) is 1. The summed E-state index contributed by atoms with van der Waals surface area (Å²) >= 11 is 1.44. The van der Waals surface area contributed by atoms with Gasteiger partial charge in [-0.1, -0.05) is 0 Å². The number of benzene rings is 1. The van der Waals surface area contributed by atoms with Gasteiger partial charge in [0.25, 0.3) is 0 Å². The molecular formula is C15H17N3O3S. The van der Waals surface area contributed by atoms with Gasteiger partial charge in [-0.25, -0.2) is 4.98 Å². The Balaban J connectivity index is 1.98. The van der Waals surface area contributed by atoms with Crippen LogP contribution in [0.5, 0.6) is 5.75 Å². The second-order valence-electron chi connectivity index (χ2n) is 4.62. The Morgan fingerprint density at radius 2 is 2.09 bits per heavy atom. The van der Waals surface area contributed by atoms with Gasteiger partial charge in [0.15, 0.2) is 0 Å². The lowest BCUT2D eigenvalue weighted by atomic mass is 10.2. The van der Waals surface area contributed by atoms with Crippen molar-refractivity contribution in [1.29, 1.82) is 0 Å². The molecule has 0 amide bonds. The van der Waals surface area contributed by atoms with E-state index in [0.717, 1.165) is 22.7 Å². The third-order valence-electron chi connectivity index (χ3n) is 2.93. The van der Waals surface area contributed by atoms with Gasteiger partial charge in [-0.2, -0.15) is 5.10 Å². The maximum Gasteiger partial charge on any atom is 0.303 e. The number of anilines is 1. The molecule has 0 aliphatic heterocycles. The molecule has 1 aromatic carbocycles. The average molecular weight is 319 g/mol. The zero-order valence-electron chi connectivity index (χ0n) is 12.4. The van der Waals surface area contributed by atoms with Crippen LogP contribution in [0, 0.1) is 0 Å². The Hall–Kier alpha value is -2.41. The molecule has 116 valence electrons. The van der Waals surface area contributed by atoms with Crippen molar-refractivity contribution in [2.45, 2.75) is 19.8 Å². The summed E-state index contributed by atoms with van der Waals surface area (Å²) in [6, 6.07) is 7.66. The number of thiazole rings is 1. The minimum Gasteiger partial charge on any atom is -0.497 e. The Labute approximate surface area is 132 Å². The predicted molar refractivity (Wildman–Crippen MR) is 87.7 cm³/mol. The number of ether oxygens (including phenoxy) is 1. The summed E-state index contributed by atoms with van der Waals surface area (Å²) < 4.78 is 5.13. The normalized spacial score (nSPS) is 11.3. The quantitative estimate of drug-likeness (QED) is 0.603. The molecule has 22 heavy (non-hydrogen) atoms. The van der Waals surface area contributed by atoms with Crippen LogP contribution in [0.4, 0.5) is 5.13 Å². The molecule has 0 aliphatic carbocycles. The van der Waals surface area contributed by atoms with Gasteiger partial charge in [-0.05, 0) is 37.6 Å². The predicted octanol–water partition coefficient (Wildman–Crippen LogP) is 3.47. The van der Waals surface area contributed by atoms with Gasteiger partial charge in [0.05, 0.1) is 19.2 Å². The molecule has 1 aromatic heterocycles. The van der Waals surface area contributed by atoms with E-state index in [1.807, 2.05) is 29.6 Å². The highest BCUT2D eigenvalue weighted by molar-refractivity contribution is 7.14. The van der Waals surface area contributed by atoms with Gasteiger partial charge >= 0.3 is 5.97 Å². The number of hydrogen-bond donors (Lipinski definition) is 2. The molecule has 0 aliphatic rings. The Morgan fingerprint density at radius 3 is 2.73 bits per heavy atom. The van der Waals surface area contributed by atoms with E-state index in [9.17, 15) is 4.79 Å². The van der Waals surface area contributed by atoms with Crippen molar-refractivity contribution >= 4 is 28.1 Å². The fourth-order valence-electron chi connectivity index (χ4n) is 1.71. The monoisotopic (exact) mass is 319 g/mol. The van der Waals surface area contributed by atoms with Gasteiger partial charge in [-0.15, -0.1) is 11.3 Å². The van der Waals surface area contributed by atoms with Crippen molar-refractivity contribution in [1.82, 2.24) is 4.98 Å². The molecule has 0 saturated heterocycles. The van der Waals surface area contributed by atoms with E-state index in [0.29, 0.717) is 11.6 Å². The second-order valence-corrected chi connectivity index (χ2v) is 5.48. The highest BCUT2D eigenvalue weighted by Gasteiger charge is 2.05. The molecule has 0 spiro atoms. The number of hydrogen-bond acceptors (Lipinski definition) is 6. The number of hydrazone groups is 1. The Morgan fingerprint density at radius 1 is 1.36 bits per heavy atom. The Bertz CT molecular complexity index is 665. The first-order valence-corrected chi connectivity index (χ1v) is 7.57. The third kappa shape index (κ3) is 4.56. The van der Waals surface area contributed by atoms with E-state index in [-0.39, 0.29) is 6.42 Å². The number of nitrogens with one attached hydrogen (secondary N) is 1. The summed E-state index contributed by atoms with van der Waals surface area (Å²) in [6.07, 6.45) is 0.491. The molecule has 0 saturated carbocycles. The topological polar surface area (TPSA) is 83.8 Å². The number of aromatic nitrogens is 1. The summed E-state index contributed by atoms with van der Waals surface area (Å²) in [5.41, 5.74) is 5.44. The van der Waals surface area contributed by atoms with Crippen molar-refractivity contribution in [3.63, 3.8) is 0 Å². The molecule has 2 rings (SSSR count). The van der Waals surface area contributed by atoms with Crippen LogP contribution in [-0.4, -0.2) is 28.9 Å². The molecule has 0 bridgehead atoms. The number of nitrogens with zero attached hydrogens (tertiary/aromatic N) is 2. The number of carboxylic acids is 1. The maximum atomic E-state index is 10.5. The summed E-state index contributed by atoms with van der Waals surface area (Å²) in [5.74, 6) is -0.0263. The van der Waals surface area contributed by atoms with Crippen LogP contribution in [0.1, 0.15) is 19.8 Å². The lowest BCUT2D eigenvalue weighted by Gasteiger charge is -2.01. The fourth-order valence-corrected chi connectivity index (χ4v) is 2.37. The lowest BCUT2D eigenvalue weighted by Crippen LogP contribution is -2.02. The third-order valence-corrected chi connectivity index (χ3v) is 3.68. The van der Waals surface area contributed by atoms with E-state index in [2.05, 4.69) is 15.5 Å². The minimum atomic E-state index is -0.828. The van der Waals surface area contributed by atoms with Gasteiger partial charge in [0.2, 0.25) is 5.13 Å². The van der Waals surface area contributed by atoms with Crippen LogP contribution < -0.4 is 10.2 Å². The fraction of sp³-hybridized carbons (Fsp3) is 0.267. The van der Waals surface area contributed by atoms with E-state index in [4.69, 9.17) is 9.84 Å². The number of methoxy groups -OCH3 is 1. The number of aliphatic carboxylic acids is 1. The van der Waals surface area contributed by atoms with Crippen molar-refractivity contribution in [3.05, 3.63) is 29.6 Å². The largest absolute Gasteiger partial charge is 0.497 e. The van der Waals surface area contributed by atoms with Gasteiger partial charge in [0.1, 0.15) is 5.75 Å². The summed E-state index contributed by atoms with van der Waals surface area (Å²) in [7, 11) is 1.63. The first-order valence-electron chi connectivity index (χ1n) is 6.69. The average Bonchev–Trinajstić information content (AvgIpc) is 3.00. The number of rotatable bonds is 7. The van der Waals surface area contributed by atoms with Crippen molar-refractivity contribution < 1.29 is 14.6 Å². The smallest absolute Gasteiger partial charge is 0.303 e. The molecule has 2 aromatic rings. The van der Waals surface area contributed by atoms with E-state index >= 15 is 0 Å². The van der Waals surface area contributed by atoms with Crippen molar-refractivity contribution in [3.8, 4) is 17.0 Å². The van der Waals surface area contributed by atoms with Crippen LogP contribution in [-0.2, 0) is 4.79 Å². The van der Waals surface area contributed by atoms with Crippen LogP contribution >= 0.6 is 11.3 Å². The van der Waals surface area contributed by atoms with Gasteiger partial charge in [0, 0.05) is 16.7 Å². The summed E-state index contributed by atoms with van der Waals surface area (Å²) in [5, 5.41) is 15.4. The molecule has 6 nitrogen and oxygen atoms in total. The minimum absolute atomic E-state index is 0.0754. The van der Waals surface area contributed by atoms with Crippen molar-refractivity contribution in [2.24, 2.45) is 5.10 Å². The lowest BCUT2D eigenvalue weighted by molar-refractivity contribution is -0.136. The van der Waals surface area contributed by atoms with Crippen molar-refractivity contribution in [2.75, 3.05) is 12.5 Å². The summed E-state index contributed by atoms with van der Waals surface area (Å²) in [6.45, 7) is 1.79. The summed E-state index contributed by atoms with van der Waals surface area (Å²) in [4.78, 5) is 14.9. The molecule has 0 unspecified atom stereocenters. The van der Waals surface area contributed by atoms with Crippen LogP contribution in [0.25, 0.3) is 11.3 Å². The molecular weight excluding hydrogens is 302 g/mol. The van der Waals surface area contributed by atoms with Crippen LogP contribution in [0.3, 0.4) is 0 Å².